The number of ether oxygens (including phenoxy) is 1. The molecule has 0 radical (unpaired) electrons. The van der Waals surface area contributed by atoms with Crippen LogP contribution < -0.4 is 0 Å². The molecule has 2 aromatic rings. The van der Waals surface area contributed by atoms with E-state index in [4.69, 9.17) is 4.74 Å². The fourth-order valence-corrected chi connectivity index (χ4v) is 6.21. The maximum Gasteiger partial charge on any atom is 0.340 e. The predicted octanol–water partition coefficient (Wildman–Crippen LogP) is 3.25. The Morgan fingerprint density at radius 1 is 1.21 bits per heavy atom. The maximum absolute atomic E-state index is 12.8. The molecule has 176 valence electrons. The average molecular weight is 493 g/mol. The molecule has 0 aromatic heterocycles. The van der Waals surface area contributed by atoms with Gasteiger partial charge in [-0.2, -0.15) is 0 Å². The minimum absolute atomic E-state index is 0.0194. The van der Waals surface area contributed by atoms with Gasteiger partial charge in [-0.1, -0.05) is 29.5 Å². The number of nitro benzene ring substituents is 1. The molecule has 1 amide bonds. The van der Waals surface area contributed by atoms with E-state index in [9.17, 15) is 28.1 Å². The molecule has 1 saturated heterocycles. The predicted molar refractivity (Wildman–Crippen MR) is 123 cm³/mol. The van der Waals surface area contributed by atoms with Gasteiger partial charge in [-0.25, -0.2) is 13.2 Å². The molecule has 1 aliphatic heterocycles. The third-order valence-corrected chi connectivity index (χ3v) is 8.11. The van der Waals surface area contributed by atoms with Crippen LogP contribution in [0.15, 0.2) is 52.3 Å². The van der Waals surface area contributed by atoms with E-state index in [-0.39, 0.29) is 29.3 Å². The maximum atomic E-state index is 12.8. The first kappa shape index (κ1) is 24.7. The van der Waals surface area contributed by atoms with Crippen molar-refractivity contribution < 1.29 is 27.7 Å². The van der Waals surface area contributed by atoms with Gasteiger partial charge in [0.05, 0.1) is 22.0 Å². The molecule has 9 nitrogen and oxygen atoms in total. The van der Waals surface area contributed by atoms with Gasteiger partial charge < -0.3 is 9.64 Å². The minimum atomic E-state index is -3.18. The summed E-state index contributed by atoms with van der Waals surface area (Å²) >= 11 is 1.25. The highest BCUT2D eigenvalue weighted by molar-refractivity contribution is 7.99. The number of amides is 1. The molecule has 1 atom stereocenters. The molecule has 2 aromatic carbocycles. The Morgan fingerprint density at radius 3 is 2.48 bits per heavy atom. The largest absolute Gasteiger partial charge is 0.452 e. The number of aryl methyl sites for hydroxylation is 1. The van der Waals surface area contributed by atoms with Crippen molar-refractivity contribution in [1.29, 1.82) is 0 Å². The summed E-state index contributed by atoms with van der Waals surface area (Å²) in [5.41, 5.74) is 0.777. The summed E-state index contributed by atoms with van der Waals surface area (Å²) in [4.78, 5) is 38.7. The lowest BCUT2D eigenvalue weighted by atomic mass is 10.2. The van der Waals surface area contributed by atoms with Crippen molar-refractivity contribution in [1.82, 2.24) is 4.90 Å². The van der Waals surface area contributed by atoms with Gasteiger partial charge in [0.1, 0.15) is 0 Å². The third-order valence-electron chi connectivity index (χ3n) is 5.28. The van der Waals surface area contributed by atoms with Crippen LogP contribution in [0, 0.1) is 17.0 Å². The van der Waals surface area contributed by atoms with Crippen molar-refractivity contribution in [2.24, 2.45) is 0 Å². The van der Waals surface area contributed by atoms with Crippen LogP contribution in [-0.4, -0.2) is 60.8 Å². The first-order valence-corrected chi connectivity index (χ1v) is 12.9. The molecule has 0 bridgehead atoms. The Morgan fingerprint density at radius 2 is 1.91 bits per heavy atom. The Hall–Kier alpha value is -2.92. The zero-order chi connectivity index (χ0) is 24.2. The van der Waals surface area contributed by atoms with Gasteiger partial charge in [-0.05, 0) is 38.5 Å². The quantitative estimate of drug-likeness (QED) is 0.312. The highest BCUT2D eigenvalue weighted by atomic mass is 32.2. The van der Waals surface area contributed by atoms with Crippen LogP contribution in [0.4, 0.5) is 5.69 Å². The van der Waals surface area contributed by atoms with Crippen molar-refractivity contribution in [2.75, 3.05) is 24.7 Å². The number of esters is 1. The number of hydrogen-bond acceptors (Lipinski definition) is 8. The van der Waals surface area contributed by atoms with E-state index in [0.717, 1.165) is 16.5 Å². The zero-order valence-corrected chi connectivity index (χ0v) is 19.9. The fourth-order valence-electron chi connectivity index (χ4n) is 3.56. The normalized spacial score (nSPS) is 16.8. The van der Waals surface area contributed by atoms with Crippen LogP contribution in [0.25, 0.3) is 0 Å². The first-order valence-electron chi connectivity index (χ1n) is 10.3. The van der Waals surface area contributed by atoms with Crippen molar-refractivity contribution in [2.45, 2.75) is 36.1 Å². The molecule has 0 N–H and O–H groups in total. The zero-order valence-electron chi connectivity index (χ0n) is 18.2. The second-order valence-corrected chi connectivity index (χ2v) is 11.0. The molecule has 0 unspecified atom stereocenters. The number of sulfone groups is 1. The Labute approximate surface area is 196 Å². The van der Waals surface area contributed by atoms with E-state index in [1.807, 2.05) is 31.2 Å². The highest BCUT2D eigenvalue weighted by Gasteiger charge is 2.34. The summed E-state index contributed by atoms with van der Waals surface area (Å²) in [6.45, 7) is 3.37. The molecule has 3 rings (SSSR count). The van der Waals surface area contributed by atoms with E-state index >= 15 is 0 Å². The Kier molecular flexibility index (Phi) is 7.75. The number of nitro groups is 1. The number of carbonyl (C=O) groups is 2. The monoisotopic (exact) mass is 492 g/mol. The summed E-state index contributed by atoms with van der Waals surface area (Å²) in [6, 6.07) is 11.0. The fraction of sp³-hybridized carbons (Fsp3) is 0.364. The van der Waals surface area contributed by atoms with Gasteiger partial charge >= 0.3 is 5.97 Å². The van der Waals surface area contributed by atoms with Crippen molar-refractivity contribution in [3.8, 4) is 0 Å². The summed E-state index contributed by atoms with van der Waals surface area (Å²) in [5.74, 6) is -1.46. The lowest BCUT2D eigenvalue weighted by molar-refractivity contribution is -0.384. The summed E-state index contributed by atoms with van der Waals surface area (Å²) in [7, 11) is -3.18. The number of non-ortho nitro benzene ring substituents is 1. The number of nitrogens with zero attached hydrogens (tertiary/aromatic N) is 2. The molecule has 33 heavy (non-hydrogen) atoms. The molecular weight excluding hydrogens is 468 g/mol. The van der Waals surface area contributed by atoms with E-state index in [0.29, 0.717) is 11.3 Å². The summed E-state index contributed by atoms with van der Waals surface area (Å²) in [5, 5.41) is 11.2. The molecule has 1 heterocycles. The highest BCUT2D eigenvalue weighted by Crippen LogP contribution is 2.33. The minimum Gasteiger partial charge on any atom is -0.452 e. The van der Waals surface area contributed by atoms with Gasteiger partial charge in [0.2, 0.25) is 0 Å². The Balaban J connectivity index is 1.75. The van der Waals surface area contributed by atoms with Crippen molar-refractivity contribution in [3.05, 3.63) is 63.7 Å². The van der Waals surface area contributed by atoms with E-state index < -0.39 is 39.3 Å². The molecule has 0 aliphatic carbocycles. The second kappa shape index (κ2) is 10.3. The number of carbonyl (C=O) groups excluding carboxylic acids is 2. The second-order valence-electron chi connectivity index (χ2n) is 7.67. The van der Waals surface area contributed by atoms with Gasteiger partial charge in [0.25, 0.3) is 11.6 Å². The third kappa shape index (κ3) is 6.32. The molecule has 11 heteroatoms. The van der Waals surface area contributed by atoms with Crippen LogP contribution >= 0.6 is 11.8 Å². The van der Waals surface area contributed by atoms with Gasteiger partial charge in [0.15, 0.2) is 16.4 Å². The van der Waals surface area contributed by atoms with Crippen LogP contribution in [0.5, 0.6) is 0 Å². The standard InChI is InChI=1S/C22H24N2O7S2/c1-3-23(17-10-11-33(29,30)14-17)21(25)13-31-22(26)19-12-16(24(27)28)6-9-20(19)32-18-7-4-15(2)5-8-18/h4-9,12,17H,3,10-11,13-14H2,1-2H3/t17-/m0/s1. The SMILES string of the molecule is CCN(C(=O)COC(=O)c1cc([N+](=O)[O-])ccc1Sc1ccc(C)cc1)[C@H]1CCS(=O)(=O)C1. The first-order chi connectivity index (χ1) is 15.6. The van der Waals surface area contributed by atoms with Crippen LogP contribution in [0.1, 0.15) is 29.3 Å². The van der Waals surface area contributed by atoms with E-state index in [1.54, 1.807) is 6.92 Å². The number of rotatable bonds is 8. The Bertz CT molecular complexity index is 1160. The molecule has 1 aliphatic rings. The van der Waals surface area contributed by atoms with Crippen molar-refractivity contribution in [3.63, 3.8) is 0 Å². The molecule has 0 saturated carbocycles. The number of likely N-dealkylation sites (N-methyl/N-ethyl adjacent to an activating group) is 1. The van der Waals surface area contributed by atoms with Crippen LogP contribution in [0.2, 0.25) is 0 Å². The number of benzene rings is 2. The lowest BCUT2D eigenvalue weighted by Gasteiger charge is -2.26. The molecular formula is C22H24N2O7S2. The molecule has 0 spiro atoms. The summed E-state index contributed by atoms with van der Waals surface area (Å²) in [6.07, 6.45) is 0.345. The lowest BCUT2D eigenvalue weighted by Crippen LogP contribution is -2.43. The van der Waals surface area contributed by atoms with Gasteiger partial charge in [-0.3, -0.25) is 14.9 Å². The van der Waals surface area contributed by atoms with Gasteiger partial charge in [-0.15, -0.1) is 0 Å². The molecule has 1 fully saturated rings. The van der Waals surface area contributed by atoms with E-state index in [1.165, 1.54) is 28.8 Å². The smallest absolute Gasteiger partial charge is 0.340 e. The average Bonchev–Trinajstić information content (AvgIpc) is 3.13. The van der Waals surface area contributed by atoms with Crippen molar-refractivity contribution >= 4 is 39.2 Å². The van der Waals surface area contributed by atoms with E-state index in [2.05, 4.69) is 0 Å². The number of hydrogen-bond donors (Lipinski definition) is 0. The van der Waals surface area contributed by atoms with Gasteiger partial charge in [0, 0.05) is 34.5 Å². The topological polar surface area (TPSA) is 124 Å². The van der Waals surface area contributed by atoms with Crippen LogP contribution in [0.3, 0.4) is 0 Å². The van der Waals surface area contributed by atoms with Crippen LogP contribution in [-0.2, 0) is 19.4 Å². The summed E-state index contributed by atoms with van der Waals surface area (Å²) < 4.78 is 28.7.